The average molecular weight is 335 g/mol. The number of nitrogens with zero attached hydrogens (tertiary/aromatic N) is 2. The van der Waals surface area contributed by atoms with Crippen LogP contribution in [0.2, 0.25) is 0 Å². The van der Waals surface area contributed by atoms with Crippen molar-refractivity contribution in [2.24, 2.45) is 0 Å². The van der Waals surface area contributed by atoms with Crippen LogP contribution in [0.5, 0.6) is 0 Å². The van der Waals surface area contributed by atoms with E-state index in [1.54, 1.807) is 12.3 Å². The van der Waals surface area contributed by atoms with Crippen LogP contribution in [0.4, 0.5) is 0 Å². The van der Waals surface area contributed by atoms with Gasteiger partial charge in [0.15, 0.2) is 0 Å². The molecule has 1 aliphatic rings. The van der Waals surface area contributed by atoms with Gasteiger partial charge in [-0.1, -0.05) is 6.92 Å². The van der Waals surface area contributed by atoms with E-state index in [1.807, 2.05) is 25.3 Å². The smallest absolute Gasteiger partial charge is 0.244 e. The van der Waals surface area contributed by atoms with Crippen molar-refractivity contribution in [2.45, 2.75) is 50.1 Å². The summed E-state index contributed by atoms with van der Waals surface area (Å²) >= 11 is 5.92. The molecule has 0 N–H and O–H groups in total. The summed E-state index contributed by atoms with van der Waals surface area (Å²) < 4.78 is 34.5. The van der Waals surface area contributed by atoms with Crippen molar-refractivity contribution in [3.05, 3.63) is 18.0 Å². The molecule has 0 radical (unpaired) electrons. The lowest BCUT2D eigenvalue weighted by Gasteiger charge is -2.31. The largest absolute Gasteiger partial charge is 0.375 e. The molecule has 7 heteroatoms. The van der Waals surface area contributed by atoms with Gasteiger partial charge in [0, 0.05) is 31.0 Å². The fourth-order valence-corrected chi connectivity index (χ4v) is 4.25. The van der Waals surface area contributed by atoms with E-state index < -0.39 is 10.0 Å². The van der Waals surface area contributed by atoms with Gasteiger partial charge in [0.05, 0.1) is 18.6 Å². The first-order chi connectivity index (χ1) is 9.90. The maximum absolute atomic E-state index is 12.8. The third-order valence-corrected chi connectivity index (χ3v) is 5.90. The topological polar surface area (TPSA) is 51.5 Å². The van der Waals surface area contributed by atoms with Crippen LogP contribution in [-0.2, 0) is 20.6 Å². The number of hydrogen-bond donors (Lipinski definition) is 0. The highest BCUT2D eigenvalue weighted by Gasteiger charge is 2.31. The van der Waals surface area contributed by atoms with Crippen LogP contribution >= 0.6 is 11.6 Å². The number of halogens is 1. The van der Waals surface area contributed by atoms with Crippen molar-refractivity contribution in [1.29, 1.82) is 0 Å². The molecule has 2 heterocycles. The number of hydrogen-bond acceptors (Lipinski definition) is 3. The quantitative estimate of drug-likeness (QED) is 0.778. The van der Waals surface area contributed by atoms with Crippen LogP contribution in [0.3, 0.4) is 0 Å². The second-order valence-corrected chi connectivity index (χ2v) is 7.77. The third-order valence-electron chi connectivity index (χ3n) is 3.79. The van der Waals surface area contributed by atoms with Gasteiger partial charge in [-0.3, -0.25) is 0 Å². The van der Waals surface area contributed by atoms with Gasteiger partial charge in [-0.05, 0) is 26.3 Å². The van der Waals surface area contributed by atoms with Crippen molar-refractivity contribution in [3.63, 3.8) is 0 Å². The second-order valence-electron chi connectivity index (χ2n) is 5.57. The van der Waals surface area contributed by atoms with Crippen LogP contribution in [0.25, 0.3) is 0 Å². The Morgan fingerprint density at radius 1 is 1.48 bits per heavy atom. The number of aromatic nitrogens is 1. The molecule has 0 bridgehead atoms. The van der Waals surface area contributed by atoms with E-state index in [1.165, 1.54) is 4.31 Å². The molecule has 1 aromatic rings. The molecule has 1 saturated heterocycles. The summed E-state index contributed by atoms with van der Waals surface area (Å²) in [7, 11) is -3.48. The molecule has 0 aromatic carbocycles. The summed E-state index contributed by atoms with van der Waals surface area (Å²) in [5.41, 5.74) is 0.825. The standard InChI is InChI=1S/C14H23ClN2O3S/c1-4-13-9-16(5-6-20-13)21(18,19)14-7-12(8-15)17(10-14)11(2)3/h7,10-11,13H,4-6,8-9H2,1-3H3. The van der Waals surface area contributed by atoms with Crippen LogP contribution in [0.15, 0.2) is 17.2 Å². The van der Waals surface area contributed by atoms with E-state index in [9.17, 15) is 8.42 Å². The molecule has 0 spiro atoms. The highest BCUT2D eigenvalue weighted by atomic mass is 35.5. The van der Waals surface area contributed by atoms with Gasteiger partial charge in [0.2, 0.25) is 10.0 Å². The maximum Gasteiger partial charge on any atom is 0.244 e. The Morgan fingerprint density at radius 2 is 2.19 bits per heavy atom. The van der Waals surface area contributed by atoms with Gasteiger partial charge in [0.1, 0.15) is 4.90 Å². The number of morpholine rings is 1. The first-order valence-electron chi connectivity index (χ1n) is 7.28. The first-order valence-corrected chi connectivity index (χ1v) is 9.26. The van der Waals surface area contributed by atoms with Crippen molar-refractivity contribution in [3.8, 4) is 0 Å². The lowest BCUT2D eigenvalue weighted by molar-refractivity contribution is -0.00278. The Balaban J connectivity index is 2.31. The zero-order valence-electron chi connectivity index (χ0n) is 12.8. The van der Waals surface area contributed by atoms with Crippen LogP contribution < -0.4 is 0 Å². The Kier molecular flexibility index (Phi) is 5.35. The monoisotopic (exact) mass is 334 g/mol. The molecule has 1 fully saturated rings. The molecule has 1 atom stereocenters. The zero-order valence-corrected chi connectivity index (χ0v) is 14.3. The highest BCUT2D eigenvalue weighted by Crippen LogP contribution is 2.24. The predicted octanol–water partition coefficient (Wildman–Crippen LogP) is 2.61. The van der Waals surface area contributed by atoms with E-state index in [4.69, 9.17) is 16.3 Å². The highest BCUT2D eigenvalue weighted by molar-refractivity contribution is 7.89. The summed E-state index contributed by atoms with van der Waals surface area (Å²) in [5.74, 6) is 0.300. The van der Waals surface area contributed by atoms with Crippen molar-refractivity contribution < 1.29 is 13.2 Å². The summed E-state index contributed by atoms with van der Waals surface area (Å²) in [4.78, 5) is 0.323. The first kappa shape index (κ1) is 16.8. The third kappa shape index (κ3) is 3.44. The van der Waals surface area contributed by atoms with Crippen LogP contribution in [0, 0.1) is 0 Å². The summed E-state index contributed by atoms with van der Waals surface area (Å²) in [5, 5.41) is 0. The Hall–Kier alpha value is -0.560. The van der Waals surface area contributed by atoms with Crippen molar-refractivity contribution in [2.75, 3.05) is 19.7 Å². The van der Waals surface area contributed by atoms with Crippen molar-refractivity contribution >= 4 is 21.6 Å². The summed E-state index contributed by atoms with van der Waals surface area (Å²) in [6, 6.07) is 1.86. The summed E-state index contributed by atoms with van der Waals surface area (Å²) in [6.07, 6.45) is 2.48. The van der Waals surface area contributed by atoms with Gasteiger partial charge < -0.3 is 9.30 Å². The molecule has 1 aromatic heterocycles. The molecular formula is C14H23ClN2O3S. The van der Waals surface area contributed by atoms with Gasteiger partial charge in [0.25, 0.3) is 0 Å². The minimum Gasteiger partial charge on any atom is -0.375 e. The molecule has 1 aliphatic heterocycles. The molecule has 0 saturated carbocycles. The molecule has 5 nitrogen and oxygen atoms in total. The van der Waals surface area contributed by atoms with Crippen LogP contribution in [-0.4, -0.2) is 43.1 Å². The van der Waals surface area contributed by atoms with Gasteiger partial charge in [-0.2, -0.15) is 4.31 Å². The van der Waals surface area contributed by atoms with E-state index in [0.717, 1.165) is 12.1 Å². The molecule has 2 rings (SSSR count). The molecular weight excluding hydrogens is 312 g/mol. The number of ether oxygens (including phenoxy) is 1. The molecule has 120 valence electrons. The fourth-order valence-electron chi connectivity index (χ4n) is 2.53. The lowest BCUT2D eigenvalue weighted by atomic mass is 10.2. The van der Waals surface area contributed by atoms with Crippen molar-refractivity contribution in [1.82, 2.24) is 8.87 Å². The number of rotatable bonds is 5. The molecule has 21 heavy (non-hydrogen) atoms. The summed E-state index contributed by atoms with van der Waals surface area (Å²) in [6.45, 7) is 7.29. The number of sulfonamides is 1. The maximum atomic E-state index is 12.8. The predicted molar refractivity (Wildman–Crippen MR) is 83.2 cm³/mol. The van der Waals surface area contributed by atoms with Gasteiger partial charge in [-0.25, -0.2) is 8.42 Å². The molecule has 1 unspecified atom stereocenters. The average Bonchev–Trinajstić information content (AvgIpc) is 2.92. The minimum atomic E-state index is -3.48. The molecule has 0 amide bonds. The second kappa shape index (κ2) is 6.69. The van der Waals surface area contributed by atoms with E-state index in [-0.39, 0.29) is 12.1 Å². The minimum absolute atomic E-state index is 0.0202. The van der Waals surface area contributed by atoms with E-state index in [2.05, 4.69) is 0 Å². The number of alkyl halides is 1. The van der Waals surface area contributed by atoms with Gasteiger partial charge in [-0.15, -0.1) is 11.6 Å². The lowest BCUT2D eigenvalue weighted by Crippen LogP contribution is -2.45. The van der Waals surface area contributed by atoms with Crippen LogP contribution in [0.1, 0.15) is 38.9 Å². The SMILES string of the molecule is CCC1CN(S(=O)(=O)c2cc(CCl)n(C(C)C)c2)CCO1. The van der Waals surface area contributed by atoms with E-state index >= 15 is 0 Å². The normalized spacial score (nSPS) is 21.1. The van der Waals surface area contributed by atoms with Gasteiger partial charge >= 0.3 is 0 Å². The Morgan fingerprint density at radius 3 is 2.71 bits per heavy atom. The van der Waals surface area contributed by atoms with E-state index in [0.29, 0.717) is 30.5 Å². The fraction of sp³-hybridized carbons (Fsp3) is 0.714. The Bertz CT molecular complexity index is 583. The Labute approximate surface area is 131 Å². The molecule has 0 aliphatic carbocycles. The zero-order chi connectivity index (χ0) is 15.6.